The van der Waals surface area contributed by atoms with Crippen molar-refractivity contribution >= 4 is 12.0 Å². The lowest BCUT2D eigenvalue weighted by Gasteiger charge is -1.90. The highest BCUT2D eigenvalue weighted by molar-refractivity contribution is 7.93. The Morgan fingerprint density at radius 3 is 2.88 bits per heavy atom. The average Bonchev–Trinajstić information content (AvgIpc) is 2.14. The van der Waals surface area contributed by atoms with Crippen molar-refractivity contribution in [2.24, 2.45) is 7.05 Å². The van der Waals surface area contributed by atoms with Gasteiger partial charge in [0.25, 0.3) is 0 Å². The Hall–Kier alpha value is -0.480. The van der Waals surface area contributed by atoms with Gasteiger partial charge in [0.15, 0.2) is 5.16 Å². The fourth-order valence-electron chi connectivity index (χ4n) is 0.440. The van der Waals surface area contributed by atoms with Crippen LogP contribution in [-0.2, 0) is 7.05 Å². The van der Waals surface area contributed by atoms with Crippen molar-refractivity contribution in [3.05, 3.63) is 12.4 Å². The lowest BCUT2D eigenvalue weighted by molar-refractivity contribution is 0.643. The Kier molecular flexibility index (Phi) is 1.55. The summed E-state index contributed by atoms with van der Waals surface area (Å²) in [5, 5.41) is 0.616. The molecular formula is C4H6N2OS. The summed E-state index contributed by atoms with van der Waals surface area (Å²) in [5.74, 6) is 0. The van der Waals surface area contributed by atoms with Gasteiger partial charge in [-0.3, -0.25) is 0 Å². The highest BCUT2D eigenvalue weighted by atomic mass is 32.2. The molecule has 1 N–H and O–H groups in total. The summed E-state index contributed by atoms with van der Waals surface area (Å²) in [6, 6.07) is 0. The minimum atomic E-state index is 0.616. The van der Waals surface area contributed by atoms with Crippen molar-refractivity contribution < 1.29 is 4.55 Å². The van der Waals surface area contributed by atoms with Crippen molar-refractivity contribution in [3.63, 3.8) is 0 Å². The Morgan fingerprint density at radius 1 is 1.88 bits per heavy atom. The zero-order valence-electron chi connectivity index (χ0n) is 4.40. The predicted octanol–water partition coefficient (Wildman–Crippen LogP) is 0.985. The second-order valence-electron chi connectivity index (χ2n) is 1.41. The van der Waals surface area contributed by atoms with E-state index in [1.165, 1.54) is 0 Å². The number of nitrogens with zero attached hydrogens (tertiary/aromatic N) is 2. The van der Waals surface area contributed by atoms with E-state index in [9.17, 15) is 0 Å². The summed E-state index contributed by atoms with van der Waals surface area (Å²) in [5.41, 5.74) is 0. The largest absolute Gasteiger partial charge is 0.327 e. The molecule has 44 valence electrons. The molecule has 1 rings (SSSR count). The van der Waals surface area contributed by atoms with Crippen LogP contribution in [0.3, 0.4) is 0 Å². The molecule has 0 radical (unpaired) electrons. The molecule has 0 aromatic carbocycles. The van der Waals surface area contributed by atoms with Crippen molar-refractivity contribution in [1.29, 1.82) is 0 Å². The molecule has 4 heteroatoms. The van der Waals surface area contributed by atoms with E-state index >= 15 is 0 Å². The van der Waals surface area contributed by atoms with Gasteiger partial charge in [0.1, 0.15) is 0 Å². The molecule has 1 aromatic rings. The number of rotatable bonds is 1. The van der Waals surface area contributed by atoms with Gasteiger partial charge in [-0.05, 0) is 0 Å². The molecule has 0 aliphatic rings. The molecule has 0 aliphatic heterocycles. The second kappa shape index (κ2) is 2.19. The third-order valence-corrected chi connectivity index (χ3v) is 1.42. The molecule has 0 aliphatic carbocycles. The van der Waals surface area contributed by atoms with Gasteiger partial charge in [0, 0.05) is 19.4 Å². The average molecular weight is 130 g/mol. The first-order chi connectivity index (χ1) is 3.84. The van der Waals surface area contributed by atoms with Crippen LogP contribution < -0.4 is 0 Å². The maximum atomic E-state index is 8.44. The number of imidazole rings is 1. The summed E-state index contributed by atoms with van der Waals surface area (Å²) in [4.78, 5) is 3.81. The van der Waals surface area contributed by atoms with E-state index in [0.717, 1.165) is 0 Å². The summed E-state index contributed by atoms with van der Waals surface area (Å²) in [6.07, 6.45) is 3.41. The quantitative estimate of drug-likeness (QED) is 0.576. The normalized spacial score (nSPS) is 9.75. The maximum absolute atomic E-state index is 8.44. The zero-order valence-corrected chi connectivity index (χ0v) is 5.22. The minimum absolute atomic E-state index is 0.616. The number of hydrogen-bond acceptors (Lipinski definition) is 3. The van der Waals surface area contributed by atoms with Gasteiger partial charge in [0.05, 0.1) is 12.0 Å². The van der Waals surface area contributed by atoms with Gasteiger partial charge in [-0.25, -0.2) is 4.98 Å². The van der Waals surface area contributed by atoms with Crippen LogP contribution in [-0.4, -0.2) is 14.1 Å². The Balaban J connectivity index is 2.92. The van der Waals surface area contributed by atoms with Crippen LogP contribution in [0.4, 0.5) is 0 Å². The van der Waals surface area contributed by atoms with Gasteiger partial charge in [-0.1, -0.05) is 0 Å². The molecule has 8 heavy (non-hydrogen) atoms. The fraction of sp³-hybridized carbons (Fsp3) is 0.250. The smallest absolute Gasteiger partial charge is 0.195 e. The van der Waals surface area contributed by atoms with E-state index in [1.54, 1.807) is 17.0 Å². The van der Waals surface area contributed by atoms with E-state index in [2.05, 4.69) is 4.98 Å². The molecule has 0 saturated heterocycles. The van der Waals surface area contributed by atoms with Crippen LogP contribution in [0.25, 0.3) is 0 Å². The molecule has 0 unspecified atom stereocenters. The molecule has 1 heterocycles. The summed E-state index contributed by atoms with van der Waals surface area (Å²) >= 11 is 0.654. The van der Waals surface area contributed by atoms with Crippen LogP contribution >= 0.6 is 12.0 Å². The highest BCUT2D eigenvalue weighted by Crippen LogP contribution is 2.07. The van der Waals surface area contributed by atoms with Crippen molar-refractivity contribution in [2.75, 3.05) is 0 Å². The van der Waals surface area contributed by atoms with E-state index in [-0.39, 0.29) is 0 Å². The Morgan fingerprint density at radius 2 is 2.62 bits per heavy atom. The molecule has 0 spiro atoms. The monoisotopic (exact) mass is 130 g/mol. The van der Waals surface area contributed by atoms with Gasteiger partial charge in [-0.15, -0.1) is 0 Å². The third-order valence-electron chi connectivity index (χ3n) is 0.859. The van der Waals surface area contributed by atoms with Crippen molar-refractivity contribution in [2.45, 2.75) is 5.16 Å². The van der Waals surface area contributed by atoms with Crippen molar-refractivity contribution in [3.8, 4) is 0 Å². The lowest BCUT2D eigenvalue weighted by Crippen LogP contribution is -1.86. The van der Waals surface area contributed by atoms with Gasteiger partial charge in [-0.2, -0.15) is 0 Å². The number of aromatic nitrogens is 2. The van der Waals surface area contributed by atoms with E-state index < -0.39 is 0 Å². The van der Waals surface area contributed by atoms with Crippen molar-refractivity contribution in [1.82, 2.24) is 9.55 Å². The molecular weight excluding hydrogens is 124 g/mol. The van der Waals surface area contributed by atoms with Gasteiger partial charge < -0.3 is 9.12 Å². The standard InChI is InChI=1S/C4H6N2OS/c1-6-3-2-5-4(6)8-7/h2-3,7H,1H3. The maximum Gasteiger partial charge on any atom is 0.195 e. The topological polar surface area (TPSA) is 38.0 Å². The minimum Gasteiger partial charge on any atom is -0.327 e. The number of hydrogen-bond donors (Lipinski definition) is 1. The first-order valence-corrected chi connectivity index (χ1v) is 2.90. The molecule has 0 amide bonds. The third kappa shape index (κ3) is 0.850. The van der Waals surface area contributed by atoms with Crippen LogP contribution in [0.5, 0.6) is 0 Å². The fourth-order valence-corrected chi connectivity index (χ4v) is 0.738. The van der Waals surface area contributed by atoms with Crippen LogP contribution in [0.1, 0.15) is 0 Å². The number of aryl methyl sites for hydroxylation is 1. The van der Waals surface area contributed by atoms with Crippen LogP contribution in [0.15, 0.2) is 17.6 Å². The van der Waals surface area contributed by atoms with E-state index in [1.807, 2.05) is 7.05 Å². The first-order valence-electron chi connectivity index (χ1n) is 2.13. The Labute approximate surface area is 51.6 Å². The molecule has 0 bridgehead atoms. The Bertz CT molecular complexity index is 174. The second-order valence-corrected chi connectivity index (χ2v) is 1.96. The molecule has 1 aromatic heterocycles. The summed E-state index contributed by atoms with van der Waals surface area (Å²) < 4.78 is 10.2. The highest BCUT2D eigenvalue weighted by Gasteiger charge is 1.93. The van der Waals surface area contributed by atoms with Gasteiger partial charge in [0.2, 0.25) is 0 Å². The lowest BCUT2D eigenvalue weighted by atomic mass is 10.9. The van der Waals surface area contributed by atoms with Gasteiger partial charge >= 0.3 is 0 Å². The van der Waals surface area contributed by atoms with Crippen LogP contribution in [0, 0.1) is 0 Å². The molecule has 0 atom stereocenters. The molecule has 0 saturated carbocycles. The molecule has 0 fully saturated rings. The summed E-state index contributed by atoms with van der Waals surface area (Å²) in [6.45, 7) is 0. The molecule has 3 nitrogen and oxygen atoms in total. The van der Waals surface area contributed by atoms with Crippen LogP contribution in [0.2, 0.25) is 0 Å². The predicted molar refractivity (Wildman–Crippen MR) is 31.7 cm³/mol. The van der Waals surface area contributed by atoms with E-state index in [4.69, 9.17) is 4.55 Å². The van der Waals surface area contributed by atoms with E-state index in [0.29, 0.717) is 17.2 Å². The first kappa shape index (κ1) is 5.65. The SMILES string of the molecule is Cn1ccnc1SO. The summed E-state index contributed by atoms with van der Waals surface area (Å²) in [7, 11) is 1.82. The zero-order chi connectivity index (χ0) is 5.98.